The maximum Gasteiger partial charge on any atom is 0.451 e. The average molecular weight is 440 g/mol. The van der Waals surface area contributed by atoms with E-state index in [1.54, 1.807) is 36.1 Å². The van der Waals surface area contributed by atoms with Gasteiger partial charge in [-0.15, -0.1) is 0 Å². The molecule has 10 nitrogen and oxygen atoms in total. The molecule has 0 bridgehead atoms. The van der Waals surface area contributed by atoms with Crippen molar-refractivity contribution in [2.75, 3.05) is 13.1 Å². The van der Waals surface area contributed by atoms with Crippen LogP contribution in [0.4, 0.5) is 5.69 Å². The van der Waals surface area contributed by atoms with Crippen LogP contribution >= 0.6 is 0 Å². The summed E-state index contributed by atoms with van der Waals surface area (Å²) in [7, 11) is -1.55. The maximum absolute atomic E-state index is 11.7. The third-order valence-electron chi connectivity index (χ3n) is 5.01. The highest BCUT2D eigenvalue weighted by atomic mass is 16.5. The lowest BCUT2D eigenvalue weighted by molar-refractivity contribution is 0.0596. The van der Waals surface area contributed by atoms with Gasteiger partial charge in [0.2, 0.25) is 0 Å². The number of amidine groups is 2. The molecule has 11 heteroatoms. The number of aromatic hydroxyl groups is 1. The topological polar surface area (TPSA) is 173 Å². The second-order valence-electron chi connectivity index (χ2n) is 7.56. The molecular weight excluding hydrogens is 415 g/mol. The van der Waals surface area contributed by atoms with E-state index in [2.05, 4.69) is 4.99 Å². The minimum Gasteiger partial charge on any atom is -0.507 e. The summed E-state index contributed by atoms with van der Waals surface area (Å²) in [6.45, 7) is 2.47. The Hall–Kier alpha value is -3.57. The van der Waals surface area contributed by atoms with Crippen molar-refractivity contribution in [3.05, 3.63) is 53.1 Å². The molecule has 2 aromatic rings. The van der Waals surface area contributed by atoms with Crippen LogP contribution in [0.25, 0.3) is 0 Å². The van der Waals surface area contributed by atoms with Crippen molar-refractivity contribution in [2.24, 2.45) is 10.7 Å². The Balaban J connectivity index is 1.64. The summed E-state index contributed by atoms with van der Waals surface area (Å²) >= 11 is 0. The third-order valence-corrected chi connectivity index (χ3v) is 5.01. The van der Waals surface area contributed by atoms with Gasteiger partial charge >= 0.3 is 13.1 Å². The fourth-order valence-electron chi connectivity index (χ4n) is 3.36. The maximum atomic E-state index is 11.7. The first kappa shape index (κ1) is 23.1. The molecule has 0 spiro atoms. The molecule has 7 N–H and O–H groups in total. The Morgan fingerprint density at radius 1 is 1.25 bits per heavy atom. The van der Waals surface area contributed by atoms with Gasteiger partial charge in [0.1, 0.15) is 29.0 Å². The molecule has 1 saturated heterocycles. The Morgan fingerprint density at radius 3 is 2.47 bits per heavy atom. The Labute approximate surface area is 185 Å². The van der Waals surface area contributed by atoms with Crippen LogP contribution in [0, 0.1) is 5.41 Å². The number of nitrogens with two attached hydrogens (primary N) is 1. The van der Waals surface area contributed by atoms with Gasteiger partial charge in [0.05, 0.1) is 24.6 Å². The average Bonchev–Trinajstić information content (AvgIpc) is 2.69. The fourth-order valence-corrected chi connectivity index (χ4v) is 3.36. The molecule has 0 radical (unpaired) electrons. The van der Waals surface area contributed by atoms with Crippen molar-refractivity contribution in [3.8, 4) is 11.5 Å². The van der Waals surface area contributed by atoms with E-state index < -0.39 is 18.8 Å². The number of phenols is 1. The lowest BCUT2D eigenvalue weighted by Crippen LogP contribution is -2.56. The number of carboxylic acid groups (broad SMARTS) is 1. The van der Waals surface area contributed by atoms with Crippen LogP contribution in [0.15, 0.2) is 41.4 Å². The molecule has 0 unspecified atom stereocenters. The van der Waals surface area contributed by atoms with E-state index in [1.165, 1.54) is 12.1 Å². The number of nitrogens with zero attached hydrogens (tertiary/aromatic N) is 2. The number of hydrogen-bond acceptors (Lipinski definition) is 7. The van der Waals surface area contributed by atoms with Crippen LogP contribution in [0.3, 0.4) is 0 Å². The number of carboxylic acids is 1. The molecule has 1 heterocycles. The number of aliphatic imine (C=N–C) groups is 1. The van der Waals surface area contributed by atoms with Crippen LogP contribution < -0.4 is 10.5 Å². The fraction of sp³-hybridized carbons (Fsp3) is 0.286. The minimum absolute atomic E-state index is 0.0267. The van der Waals surface area contributed by atoms with Crippen LogP contribution in [0.1, 0.15) is 28.4 Å². The molecule has 0 atom stereocenters. The van der Waals surface area contributed by atoms with Gasteiger partial charge in [0, 0.05) is 5.56 Å². The van der Waals surface area contributed by atoms with Crippen molar-refractivity contribution in [3.63, 3.8) is 0 Å². The molecule has 2 aromatic carbocycles. The number of nitrogens with one attached hydrogen (secondary N) is 1. The second-order valence-corrected chi connectivity index (χ2v) is 7.56. The summed E-state index contributed by atoms with van der Waals surface area (Å²) in [6, 6.07) is 10.1. The summed E-state index contributed by atoms with van der Waals surface area (Å²) < 4.78 is 5.77. The largest absolute Gasteiger partial charge is 0.507 e. The highest BCUT2D eigenvalue weighted by Gasteiger charge is 2.32. The van der Waals surface area contributed by atoms with E-state index in [0.717, 1.165) is 0 Å². The van der Waals surface area contributed by atoms with Crippen LogP contribution in [0.5, 0.6) is 11.5 Å². The molecule has 0 aliphatic carbocycles. The van der Waals surface area contributed by atoms with Crippen molar-refractivity contribution < 1.29 is 29.8 Å². The summed E-state index contributed by atoms with van der Waals surface area (Å²) in [5.74, 6) is -1.01. The second kappa shape index (κ2) is 9.71. The summed E-state index contributed by atoms with van der Waals surface area (Å²) in [4.78, 5) is 17.6. The smallest absolute Gasteiger partial charge is 0.451 e. The number of ether oxygens (including phenoxy) is 1. The van der Waals surface area contributed by atoms with E-state index in [4.69, 9.17) is 25.9 Å². The zero-order valence-electron chi connectivity index (χ0n) is 17.5. The SMILES string of the molecule is CC(N)=Nc1ccc(C(=N)N2CC(Oc3ccc(CCB(O)O)c(O)c3C(=O)O)C2)cc1. The summed E-state index contributed by atoms with van der Waals surface area (Å²) in [5, 5.41) is 46.2. The third kappa shape index (κ3) is 5.37. The molecule has 0 saturated carbocycles. The predicted octanol–water partition coefficient (Wildman–Crippen LogP) is 1.20. The van der Waals surface area contributed by atoms with Gasteiger partial charge < -0.3 is 35.6 Å². The number of aromatic carboxylic acids is 1. The summed E-state index contributed by atoms with van der Waals surface area (Å²) in [5.41, 5.74) is 6.89. The normalized spacial score (nSPS) is 14.1. The molecule has 0 amide bonds. The first-order chi connectivity index (χ1) is 15.2. The van der Waals surface area contributed by atoms with E-state index in [-0.39, 0.29) is 35.7 Å². The number of carbonyl (C=O) groups is 1. The van der Waals surface area contributed by atoms with Crippen molar-refractivity contribution in [2.45, 2.75) is 25.8 Å². The van der Waals surface area contributed by atoms with Gasteiger partial charge in [-0.05, 0) is 55.6 Å². The standard InChI is InChI=1S/C21H25BN4O6/c1-12(23)25-15-5-2-14(3-6-15)20(24)26-10-16(11-26)32-17-7-4-13(8-9-22(30)31)19(27)18(17)21(28)29/h2-7,16,24,27,30-31H,8-11H2,1H3,(H2,23,25)(H,28,29). The number of rotatable bonds is 8. The molecule has 1 aliphatic rings. The van der Waals surface area contributed by atoms with Crippen LogP contribution in [-0.4, -0.2) is 69.1 Å². The highest BCUT2D eigenvalue weighted by Crippen LogP contribution is 2.34. The minimum atomic E-state index is -1.55. The molecule has 168 valence electrons. The highest BCUT2D eigenvalue weighted by molar-refractivity contribution is 6.41. The van der Waals surface area contributed by atoms with Crippen LogP contribution in [0.2, 0.25) is 6.32 Å². The summed E-state index contributed by atoms with van der Waals surface area (Å²) in [6.07, 6.45) is -0.277. The van der Waals surface area contributed by atoms with Crippen molar-refractivity contribution in [1.29, 1.82) is 5.41 Å². The van der Waals surface area contributed by atoms with Gasteiger partial charge in [-0.3, -0.25) is 5.41 Å². The number of aryl methyl sites for hydroxylation is 1. The van der Waals surface area contributed by atoms with E-state index in [9.17, 15) is 15.0 Å². The quantitative estimate of drug-likeness (QED) is 0.202. The number of hydrogen-bond donors (Lipinski definition) is 6. The van der Waals surface area contributed by atoms with Gasteiger partial charge in [-0.25, -0.2) is 9.79 Å². The first-order valence-electron chi connectivity index (χ1n) is 10.0. The predicted molar refractivity (Wildman–Crippen MR) is 120 cm³/mol. The molecule has 1 aliphatic heterocycles. The van der Waals surface area contributed by atoms with E-state index in [1.807, 2.05) is 0 Å². The number of benzene rings is 2. The monoisotopic (exact) mass is 440 g/mol. The zero-order valence-corrected chi connectivity index (χ0v) is 17.5. The van der Waals surface area contributed by atoms with Crippen molar-refractivity contribution in [1.82, 2.24) is 4.90 Å². The zero-order chi connectivity index (χ0) is 23.4. The Kier molecular flexibility index (Phi) is 7.01. The van der Waals surface area contributed by atoms with Gasteiger partial charge in [0.25, 0.3) is 0 Å². The van der Waals surface area contributed by atoms with Gasteiger partial charge in [0.15, 0.2) is 0 Å². The lowest BCUT2D eigenvalue weighted by Gasteiger charge is -2.40. The van der Waals surface area contributed by atoms with E-state index in [0.29, 0.717) is 36.0 Å². The molecule has 32 heavy (non-hydrogen) atoms. The van der Waals surface area contributed by atoms with Crippen LogP contribution in [-0.2, 0) is 6.42 Å². The van der Waals surface area contributed by atoms with E-state index >= 15 is 0 Å². The molecular formula is C21H25BN4O6. The Bertz CT molecular complexity index is 1030. The van der Waals surface area contributed by atoms with Crippen molar-refractivity contribution >= 4 is 30.4 Å². The molecule has 1 fully saturated rings. The van der Waals surface area contributed by atoms with Gasteiger partial charge in [-0.1, -0.05) is 6.07 Å². The molecule has 3 rings (SSSR count). The first-order valence-corrected chi connectivity index (χ1v) is 10.0. The van der Waals surface area contributed by atoms with Gasteiger partial charge in [-0.2, -0.15) is 0 Å². The molecule has 0 aromatic heterocycles. The Morgan fingerprint density at radius 2 is 1.91 bits per heavy atom. The lowest BCUT2D eigenvalue weighted by atomic mass is 9.82. The number of likely N-dealkylation sites (tertiary alicyclic amines) is 1.